The van der Waals surface area contributed by atoms with Crippen LogP contribution in [0.2, 0.25) is 0 Å². The number of ether oxygens (including phenoxy) is 1. The Morgan fingerprint density at radius 3 is 2.85 bits per heavy atom. The second kappa shape index (κ2) is 8.23. The molecule has 0 radical (unpaired) electrons. The minimum absolute atomic E-state index is 0.00886. The van der Waals surface area contributed by atoms with Gasteiger partial charge in [0.1, 0.15) is 5.75 Å². The van der Waals surface area contributed by atoms with Crippen LogP contribution in [0.4, 0.5) is 5.13 Å². The number of rotatable bonds is 5. The van der Waals surface area contributed by atoms with Crippen LogP contribution in [0.3, 0.4) is 0 Å². The average molecular weight is 484 g/mol. The van der Waals surface area contributed by atoms with Crippen molar-refractivity contribution in [2.45, 2.75) is 19.4 Å². The lowest BCUT2D eigenvalue weighted by Gasteiger charge is -2.12. The van der Waals surface area contributed by atoms with E-state index in [9.17, 15) is 13.2 Å². The van der Waals surface area contributed by atoms with Crippen LogP contribution in [-0.4, -0.2) is 52.7 Å². The van der Waals surface area contributed by atoms with Crippen molar-refractivity contribution in [1.82, 2.24) is 19.7 Å². The number of pyridine rings is 1. The summed E-state index contributed by atoms with van der Waals surface area (Å²) in [6.07, 6.45) is 2.08. The van der Waals surface area contributed by atoms with E-state index in [0.717, 1.165) is 5.56 Å². The SMILES string of the molecule is COc1cccc(-c2cc(C(=O)Nc3nccs3)c3c(C)nn(C4CCS(=O)(=O)C4)c3n2)c1. The molecule has 1 fully saturated rings. The molecule has 11 heteroatoms. The number of carbonyl (C=O) groups excluding carboxylic acids is 1. The van der Waals surface area contributed by atoms with Gasteiger partial charge in [-0.05, 0) is 31.5 Å². The first-order chi connectivity index (χ1) is 15.8. The van der Waals surface area contributed by atoms with Crippen LogP contribution in [0, 0.1) is 6.92 Å². The van der Waals surface area contributed by atoms with Gasteiger partial charge >= 0.3 is 0 Å². The summed E-state index contributed by atoms with van der Waals surface area (Å²) in [6, 6.07) is 8.80. The van der Waals surface area contributed by atoms with E-state index < -0.39 is 9.84 Å². The smallest absolute Gasteiger partial charge is 0.258 e. The fourth-order valence-electron chi connectivity index (χ4n) is 4.09. The van der Waals surface area contributed by atoms with Crippen LogP contribution >= 0.6 is 11.3 Å². The molecule has 1 N–H and O–H groups in total. The molecule has 4 aromatic rings. The molecule has 1 unspecified atom stereocenters. The van der Waals surface area contributed by atoms with Gasteiger partial charge in [0, 0.05) is 17.1 Å². The number of thiazole rings is 1. The van der Waals surface area contributed by atoms with Gasteiger partial charge in [-0.2, -0.15) is 5.10 Å². The van der Waals surface area contributed by atoms with Crippen molar-refractivity contribution >= 4 is 43.2 Å². The van der Waals surface area contributed by atoms with Crippen LogP contribution in [0.5, 0.6) is 5.75 Å². The van der Waals surface area contributed by atoms with Crippen molar-refractivity contribution in [1.29, 1.82) is 0 Å². The summed E-state index contributed by atoms with van der Waals surface area (Å²) in [5, 5.41) is 10.3. The number of aromatic nitrogens is 4. The van der Waals surface area contributed by atoms with Gasteiger partial charge in [0.2, 0.25) is 0 Å². The zero-order valence-corrected chi connectivity index (χ0v) is 19.6. The first kappa shape index (κ1) is 21.5. The van der Waals surface area contributed by atoms with E-state index in [0.29, 0.717) is 45.3 Å². The largest absolute Gasteiger partial charge is 0.497 e. The number of nitrogens with zero attached hydrogens (tertiary/aromatic N) is 4. The predicted octanol–water partition coefficient (Wildman–Crippen LogP) is 3.48. The maximum Gasteiger partial charge on any atom is 0.258 e. The van der Waals surface area contributed by atoms with Crippen LogP contribution < -0.4 is 10.1 Å². The molecule has 3 aromatic heterocycles. The first-order valence-corrected chi connectivity index (χ1v) is 13.0. The van der Waals surface area contributed by atoms with Gasteiger partial charge in [-0.15, -0.1) is 11.3 Å². The summed E-state index contributed by atoms with van der Waals surface area (Å²) in [5.41, 5.74) is 2.83. The highest BCUT2D eigenvalue weighted by Crippen LogP contribution is 2.33. The maximum absolute atomic E-state index is 13.3. The predicted molar refractivity (Wildman–Crippen MR) is 127 cm³/mol. The summed E-state index contributed by atoms with van der Waals surface area (Å²) in [7, 11) is -1.54. The molecule has 170 valence electrons. The van der Waals surface area contributed by atoms with Gasteiger partial charge in [-0.25, -0.2) is 23.1 Å². The fourth-order valence-corrected chi connectivity index (χ4v) is 6.31. The summed E-state index contributed by atoms with van der Waals surface area (Å²) in [5.74, 6) is 0.456. The maximum atomic E-state index is 13.3. The minimum atomic E-state index is -3.13. The van der Waals surface area contributed by atoms with Crippen molar-refractivity contribution in [3.8, 4) is 17.0 Å². The molecule has 5 rings (SSSR count). The van der Waals surface area contributed by atoms with E-state index in [2.05, 4.69) is 15.4 Å². The van der Waals surface area contributed by atoms with Gasteiger partial charge in [-0.3, -0.25) is 10.1 Å². The fraction of sp³-hybridized carbons (Fsp3) is 0.273. The number of hydrogen-bond donors (Lipinski definition) is 1. The molecular weight excluding hydrogens is 462 g/mol. The van der Waals surface area contributed by atoms with Gasteiger partial charge in [0.25, 0.3) is 5.91 Å². The van der Waals surface area contributed by atoms with Crippen molar-refractivity contribution in [2.75, 3.05) is 23.9 Å². The van der Waals surface area contributed by atoms with E-state index in [1.807, 2.05) is 24.3 Å². The number of nitrogens with one attached hydrogen (secondary N) is 1. The highest BCUT2D eigenvalue weighted by Gasteiger charge is 2.32. The molecule has 0 aliphatic carbocycles. The molecule has 1 saturated heterocycles. The lowest BCUT2D eigenvalue weighted by molar-refractivity contribution is 0.102. The minimum Gasteiger partial charge on any atom is -0.497 e. The van der Waals surface area contributed by atoms with Gasteiger partial charge in [-0.1, -0.05) is 12.1 Å². The number of hydrogen-bond acceptors (Lipinski definition) is 8. The third-order valence-corrected chi connectivity index (χ3v) is 8.09. The molecule has 33 heavy (non-hydrogen) atoms. The lowest BCUT2D eigenvalue weighted by Crippen LogP contribution is -2.15. The zero-order valence-electron chi connectivity index (χ0n) is 18.0. The van der Waals surface area contributed by atoms with E-state index in [-0.39, 0.29) is 23.5 Å². The number of amides is 1. The first-order valence-electron chi connectivity index (χ1n) is 10.3. The van der Waals surface area contributed by atoms with Crippen LogP contribution in [0.1, 0.15) is 28.5 Å². The van der Waals surface area contributed by atoms with Crippen LogP contribution in [0.15, 0.2) is 41.9 Å². The number of anilines is 1. The topological polar surface area (TPSA) is 116 Å². The Morgan fingerprint density at radius 2 is 2.15 bits per heavy atom. The molecule has 0 bridgehead atoms. The Morgan fingerprint density at radius 1 is 1.30 bits per heavy atom. The molecular formula is C22H21N5O4S2. The van der Waals surface area contributed by atoms with E-state index in [4.69, 9.17) is 9.72 Å². The monoisotopic (exact) mass is 483 g/mol. The Balaban J connectivity index is 1.70. The Kier molecular flexibility index (Phi) is 5.37. The zero-order chi connectivity index (χ0) is 23.2. The summed E-state index contributed by atoms with van der Waals surface area (Å²) in [4.78, 5) is 22.3. The van der Waals surface area contributed by atoms with Crippen molar-refractivity contribution in [3.05, 3.63) is 53.2 Å². The molecule has 1 aliphatic heterocycles. The Hall–Kier alpha value is -3.31. The molecule has 1 aromatic carbocycles. The van der Waals surface area contributed by atoms with Gasteiger partial charge in [0.15, 0.2) is 20.6 Å². The average Bonchev–Trinajstić information content (AvgIpc) is 3.52. The van der Waals surface area contributed by atoms with Crippen molar-refractivity contribution < 1.29 is 17.9 Å². The van der Waals surface area contributed by atoms with Crippen molar-refractivity contribution in [3.63, 3.8) is 0 Å². The number of carbonyl (C=O) groups is 1. The summed E-state index contributed by atoms with van der Waals surface area (Å²) < 4.78 is 31.3. The number of aryl methyl sites for hydroxylation is 1. The normalized spacial score (nSPS) is 17.3. The van der Waals surface area contributed by atoms with Crippen LogP contribution in [0.25, 0.3) is 22.3 Å². The quantitative estimate of drug-likeness (QED) is 0.462. The second-order valence-corrected chi connectivity index (χ2v) is 11.0. The summed E-state index contributed by atoms with van der Waals surface area (Å²) >= 11 is 1.32. The van der Waals surface area contributed by atoms with E-state index >= 15 is 0 Å². The molecule has 1 aliphatic rings. The summed E-state index contributed by atoms with van der Waals surface area (Å²) in [6.45, 7) is 1.80. The molecule has 1 atom stereocenters. The van der Waals surface area contributed by atoms with E-state index in [1.54, 1.807) is 36.4 Å². The molecule has 1 amide bonds. The standard InChI is InChI=1S/C22H21N5O4S2/c1-13-19-17(21(28)25-22-23-7-8-32-22)11-18(14-4-3-5-16(10-14)31-2)24-20(19)27(26-13)15-6-9-33(29,30)12-15/h3-5,7-8,10-11,15H,6,9,12H2,1-2H3,(H,23,25,28). The van der Waals surface area contributed by atoms with Crippen LogP contribution in [-0.2, 0) is 9.84 Å². The van der Waals surface area contributed by atoms with E-state index in [1.165, 1.54) is 11.3 Å². The highest BCUT2D eigenvalue weighted by molar-refractivity contribution is 7.91. The number of methoxy groups -OCH3 is 1. The highest BCUT2D eigenvalue weighted by atomic mass is 32.2. The number of sulfone groups is 1. The van der Waals surface area contributed by atoms with Gasteiger partial charge < -0.3 is 4.74 Å². The molecule has 9 nitrogen and oxygen atoms in total. The second-order valence-electron chi connectivity index (χ2n) is 7.86. The lowest BCUT2D eigenvalue weighted by atomic mass is 10.0. The third-order valence-electron chi connectivity index (χ3n) is 5.65. The molecule has 0 saturated carbocycles. The molecule has 4 heterocycles. The van der Waals surface area contributed by atoms with Crippen molar-refractivity contribution in [2.24, 2.45) is 0 Å². The number of fused-ring (bicyclic) bond motifs is 1. The Bertz CT molecular complexity index is 1460. The Labute approximate surface area is 194 Å². The third kappa shape index (κ3) is 4.09. The molecule has 0 spiro atoms. The van der Waals surface area contributed by atoms with Gasteiger partial charge in [0.05, 0.1) is 47.0 Å². The number of benzene rings is 1.